The van der Waals surface area contributed by atoms with Crippen LogP contribution in [0.4, 0.5) is 11.4 Å². The molecule has 0 radical (unpaired) electrons. The van der Waals surface area contributed by atoms with Crippen LogP contribution in [0.3, 0.4) is 0 Å². The SMILES string of the molecule is COC(=O)c1cccc(N=Cc2cc3c(cc2OC)N(C)C(C)(C)CC3C)c1C. The van der Waals surface area contributed by atoms with E-state index in [0.29, 0.717) is 11.5 Å². The van der Waals surface area contributed by atoms with Crippen LogP contribution in [0.15, 0.2) is 35.3 Å². The van der Waals surface area contributed by atoms with Gasteiger partial charge in [0.2, 0.25) is 0 Å². The molecule has 154 valence electrons. The summed E-state index contributed by atoms with van der Waals surface area (Å²) in [5.74, 6) is 0.870. The highest BCUT2D eigenvalue weighted by Crippen LogP contribution is 2.44. The van der Waals surface area contributed by atoms with E-state index in [1.54, 1.807) is 13.2 Å². The second-order valence-corrected chi connectivity index (χ2v) is 8.33. The molecule has 2 aromatic carbocycles. The molecule has 0 fully saturated rings. The van der Waals surface area contributed by atoms with Gasteiger partial charge in [-0.1, -0.05) is 13.0 Å². The lowest BCUT2D eigenvalue weighted by molar-refractivity contribution is 0.0600. The minimum absolute atomic E-state index is 0.0957. The first-order valence-electron chi connectivity index (χ1n) is 9.87. The standard InChI is InChI=1S/C24H30N2O3/c1-15-13-24(3,4)26(5)21-12-22(28-6)17(11-19(15)21)14-25-20-10-8-9-18(16(20)2)23(27)29-7/h8-12,14-15H,13H2,1-7H3. The van der Waals surface area contributed by atoms with E-state index in [2.05, 4.69) is 49.8 Å². The minimum atomic E-state index is -0.356. The third-order valence-electron chi connectivity index (χ3n) is 6.04. The molecule has 1 heterocycles. The van der Waals surface area contributed by atoms with Crippen LogP contribution in [0.1, 0.15) is 60.2 Å². The van der Waals surface area contributed by atoms with E-state index in [1.165, 1.54) is 18.4 Å². The quantitative estimate of drug-likeness (QED) is 0.524. The number of carbonyl (C=O) groups excluding carboxylic acids is 1. The van der Waals surface area contributed by atoms with Gasteiger partial charge >= 0.3 is 5.97 Å². The Kier molecular flexibility index (Phi) is 5.69. The summed E-state index contributed by atoms with van der Waals surface area (Å²) in [6.45, 7) is 8.68. The van der Waals surface area contributed by atoms with E-state index in [9.17, 15) is 4.79 Å². The molecule has 0 spiro atoms. The molecule has 0 saturated heterocycles. The molecule has 0 N–H and O–H groups in total. The largest absolute Gasteiger partial charge is 0.496 e. The Morgan fingerprint density at radius 1 is 1.28 bits per heavy atom. The van der Waals surface area contributed by atoms with Gasteiger partial charge in [-0.15, -0.1) is 0 Å². The smallest absolute Gasteiger partial charge is 0.338 e. The van der Waals surface area contributed by atoms with Crippen LogP contribution in [-0.2, 0) is 4.74 Å². The predicted molar refractivity (Wildman–Crippen MR) is 118 cm³/mol. The average Bonchev–Trinajstić information content (AvgIpc) is 2.70. The Labute approximate surface area is 173 Å². The number of carbonyl (C=O) groups is 1. The number of fused-ring (bicyclic) bond motifs is 1. The van der Waals surface area contributed by atoms with E-state index in [4.69, 9.17) is 9.47 Å². The normalized spacial score (nSPS) is 17.9. The number of anilines is 1. The van der Waals surface area contributed by atoms with Crippen molar-refractivity contribution in [3.05, 3.63) is 52.6 Å². The lowest BCUT2D eigenvalue weighted by Gasteiger charge is -2.45. The molecule has 0 saturated carbocycles. The van der Waals surface area contributed by atoms with Crippen molar-refractivity contribution in [1.82, 2.24) is 0 Å². The van der Waals surface area contributed by atoms with Crippen LogP contribution in [0.2, 0.25) is 0 Å². The van der Waals surface area contributed by atoms with Crippen molar-refractivity contribution in [3.8, 4) is 5.75 Å². The first kappa shape index (κ1) is 20.9. The fourth-order valence-corrected chi connectivity index (χ4v) is 4.12. The monoisotopic (exact) mass is 394 g/mol. The molecule has 2 aromatic rings. The van der Waals surface area contributed by atoms with Gasteiger partial charge in [-0.05, 0) is 62.4 Å². The van der Waals surface area contributed by atoms with Crippen molar-refractivity contribution in [1.29, 1.82) is 0 Å². The number of hydrogen-bond acceptors (Lipinski definition) is 5. The molecule has 0 bridgehead atoms. The van der Waals surface area contributed by atoms with Crippen LogP contribution in [-0.4, -0.2) is 39.0 Å². The first-order chi connectivity index (χ1) is 13.7. The van der Waals surface area contributed by atoms with Crippen LogP contribution >= 0.6 is 0 Å². The molecular formula is C24H30N2O3. The number of ether oxygens (including phenoxy) is 2. The van der Waals surface area contributed by atoms with Crippen molar-refractivity contribution < 1.29 is 14.3 Å². The molecule has 3 rings (SSSR count). The zero-order valence-electron chi connectivity index (χ0n) is 18.4. The Balaban J connectivity index is 2.03. The van der Waals surface area contributed by atoms with Gasteiger partial charge in [0, 0.05) is 36.1 Å². The number of nitrogens with zero attached hydrogens (tertiary/aromatic N) is 2. The summed E-state index contributed by atoms with van der Waals surface area (Å²) in [6.07, 6.45) is 2.90. The third-order valence-corrected chi connectivity index (χ3v) is 6.04. The maximum Gasteiger partial charge on any atom is 0.338 e. The fourth-order valence-electron chi connectivity index (χ4n) is 4.12. The van der Waals surface area contributed by atoms with E-state index in [-0.39, 0.29) is 11.5 Å². The van der Waals surface area contributed by atoms with Crippen LogP contribution in [0.5, 0.6) is 5.75 Å². The lowest BCUT2D eigenvalue weighted by Crippen LogP contribution is -2.45. The number of rotatable bonds is 4. The van der Waals surface area contributed by atoms with Crippen molar-refractivity contribution in [3.63, 3.8) is 0 Å². The number of hydrogen-bond donors (Lipinski definition) is 0. The highest BCUT2D eigenvalue weighted by atomic mass is 16.5. The van der Waals surface area contributed by atoms with Crippen LogP contribution in [0.25, 0.3) is 0 Å². The molecule has 1 aliphatic rings. The molecular weight excluding hydrogens is 364 g/mol. The maximum atomic E-state index is 11.9. The Hall–Kier alpha value is -2.82. The van der Waals surface area contributed by atoms with Crippen LogP contribution in [0, 0.1) is 6.92 Å². The Morgan fingerprint density at radius 2 is 2.00 bits per heavy atom. The fraction of sp³-hybridized carbons (Fsp3) is 0.417. The first-order valence-corrected chi connectivity index (χ1v) is 9.87. The summed E-state index contributed by atoms with van der Waals surface area (Å²) in [7, 11) is 5.20. The molecule has 0 amide bonds. The van der Waals surface area contributed by atoms with Gasteiger partial charge in [0.1, 0.15) is 5.75 Å². The number of esters is 1. The Bertz CT molecular complexity index is 963. The third kappa shape index (κ3) is 3.86. The molecule has 29 heavy (non-hydrogen) atoms. The molecule has 1 unspecified atom stereocenters. The van der Waals surface area contributed by atoms with Gasteiger partial charge in [0.05, 0.1) is 25.5 Å². The van der Waals surface area contributed by atoms with Crippen molar-refractivity contribution in [2.45, 2.75) is 45.6 Å². The van der Waals surface area contributed by atoms with Gasteiger partial charge < -0.3 is 14.4 Å². The molecule has 5 heteroatoms. The topological polar surface area (TPSA) is 51.1 Å². The Morgan fingerprint density at radius 3 is 2.66 bits per heavy atom. The molecule has 0 aliphatic carbocycles. The lowest BCUT2D eigenvalue weighted by atomic mass is 9.80. The van der Waals surface area contributed by atoms with Gasteiger partial charge in [-0.3, -0.25) is 4.99 Å². The van der Waals surface area contributed by atoms with Gasteiger partial charge in [0.25, 0.3) is 0 Å². The number of methoxy groups -OCH3 is 2. The van der Waals surface area contributed by atoms with Gasteiger partial charge in [-0.25, -0.2) is 4.79 Å². The molecule has 1 atom stereocenters. The number of aliphatic imine (C=N–C) groups is 1. The zero-order chi connectivity index (χ0) is 21.3. The zero-order valence-corrected chi connectivity index (χ0v) is 18.4. The maximum absolute atomic E-state index is 11.9. The molecule has 5 nitrogen and oxygen atoms in total. The molecule has 0 aromatic heterocycles. The van der Waals surface area contributed by atoms with Crippen molar-refractivity contribution >= 4 is 23.6 Å². The summed E-state index contributed by atoms with van der Waals surface area (Å²) in [6, 6.07) is 9.73. The summed E-state index contributed by atoms with van der Waals surface area (Å²) >= 11 is 0. The summed E-state index contributed by atoms with van der Waals surface area (Å²) in [5, 5.41) is 0. The highest BCUT2D eigenvalue weighted by Gasteiger charge is 2.34. The predicted octanol–water partition coefficient (Wildman–Crippen LogP) is 5.26. The van der Waals surface area contributed by atoms with Crippen molar-refractivity contribution in [2.24, 2.45) is 4.99 Å². The van der Waals surface area contributed by atoms with E-state index in [0.717, 1.165) is 29.0 Å². The molecule has 1 aliphatic heterocycles. The van der Waals surface area contributed by atoms with Gasteiger partial charge in [-0.2, -0.15) is 0 Å². The second kappa shape index (κ2) is 7.90. The van der Waals surface area contributed by atoms with Crippen molar-refractivity contribution in [2.75, 3.05) is 26.2 Å². The van der Waals surface area contributed by atoms with E-state index >= 15 is 0 Å². The van der Waals surface area contributed by atoms with Gasteiger partial charge in [0.15, 0.2) is 0 Å². The summed E-state index contributed by atoms with van der Waals surface area (Å²) in [4.78, 5) is 18.9. The summed E-state index contributed by atoms with van der Waals surface area (Å²) < 4.78 is 10.5. The average molecular weight is 395 g/mol. The number of benzene rings is 2. The second-order valence-electron chi connectivity index (χ2n) is 8.33. The van der Waals surface area contributed by atoms with Crippen LogP contribution < -0.4 is 9.64 Å². The van der Waals surface area contributed by atoms with E-state index in [1.807, 2.05) is 25.3 Å². The van der Waals surface area contributed by atoms with E-state index < -0.39 is 0 Å². The summed E-state index contributed by atoms with van der Waals surface area (Å²) in [5.41, 5.74) is 5.58. The minimum Gasteiger partial charge on any atom is -0.496 e. The highest BCUT2D eigenvalue weighted by molar-refractivity contribution is 5.93.